The molecule has 2 aromatic rings. The van der Waals surface area contributed by atoms with Crippen LogP contribution in [0.25, 0.3) is 5.69 Å². The summed E-state index contributed by atoms with van der Waals surface area (Å²) in [5.74, 6) is 0.573. The van der Waals surface area contributed by atoms with E-state index >= 15 is 0 Å². The summed E-state index contributed by atoms with van der Waals surface area (Å²) in [6, 6.07) is 9.68. The summed E-state index contributed by atoms with van der Waals surface area (Å²) in [6.45, 7) is 1.08. The van der Waals surface area contributed by atoms with Crippen LogP contribution in [-0.2, 0) is 9.47 Å². The minimum absolute atomic E-state index is 0.0501. The van der Waals surface area contributed by atoms with Crippen LogP contribution >= 0.6 is 0 Å². The van der Waals surface area contributed by atoms with E-state index in [1.807, 2.05) is 30.3 Å². The molecule has 0 saturated carbocycles. The van der Waals surface area contributed by atoms with Crippen LogP contribution in [0.4, 0.5) is 5.95 Å². The van der Waals surface area contributed by atoms with Gasteiger partial charge < -0.3 is 14.8 Å². The summed E-state index contributed by atoms with van der Waals surface area (Å²) in [6.07, 6.45) is -0.0501. The Bertz CT molecular complexity index is 488. The van der Waals surface area contributed by atoms with E-state index in [0.717, 1.165) is 5.69 Å². The van der Waals surface area contributed by atoms with Crippen molar-refractivity contribution in [2.75, 3.05) is 32.7 Å². The van der Waals surface area contributed by atoms with E-state index in [4.69, 9.17) is 9.47 Å². The number of aromatic nitrogens is 4. The van der Waals surface area contributed by atoms with Crippen molar-refractivity contribution in [1.82, 2.24) is 20.2 Å². The highest BCUT2D eigenvalue weighted by molar-refractivity contribution is 5.38. The second-order valence-corrected chi connectivity index (χ2v) is 3.94. The highest BCUT2D eigenvalue weighted by atomic mass is 16.5. The van der Waals surface area contributed by atoms with Crippen molar-refractivity contribution in [2.24, 2.45) is 0 Å². The van der Waals surface area contributed by atoms with Gasteiger partial charge in [-0.05, 0) is 22.6 Å². The quantitative estimate of drug-likeness (QED) is 0.794. The molecule has 19 heavy (non-hydrogen) atoms. The normalized spacial score (nSPS) is 12.3. The molecule has 0 spiro atoms. The van der Waals surface area contributed by atoms with E-state index in [1.165, 1.54) is 0 Å². The molecule has 1 aromatic carbocycles. The van der Waals surface area contributed by atoms with Crippen LogP contribution in [-0.4, -0.2) is 53.7 Å². The van der Waals surface area contributed by atoms with Crippen LogP contribution in [0.1, 0.15) is 0 Å². The zero-order chi connectivity index (χ0) is 13.5. The van der Waals surface area contributed by atoms with Crippen LogP contribution in [0.15, 0.2) is 30.3 Å². The topological polar surface area (TPSA) is 74.1 Å². The van der Waals surface area contributed by atoms with Crippen molar-refractivity contribution >= 4 is 5.95 Å². The van der Waals surface area contributed by atoms with Gasteiger partial charge in [0.25, 0.3) is 0 Å². The van der Waals surface area contributed by atoms with Gasteiger partial charge in [0.15, 0.2) is 0 Å². The lowest BCUT2D eigenvalue weighted by Gasteiger charge is -2.15. The van der Waals surface area contributed by atoms with E-state index in [1.54, 1.807) is 18.9 Å². The number of anilines is 1. The highest BCUT2D eigenvalue weighted by Crippen LogP contribution is 2.10. The molecule has 0 amide bonds. The second kappa shape index (κ2) is 6.81. The third-order valence-corrected chi connectivity index (χ3v) is 2.64. The van der Waals surface area contributed by atoms with Gasteiger partial charge in [-0.15, -0.1) is 0 Å². The molecule has 1 heterocycles. The first kappa shape index (κ1) is 13.4. The van der Waals surface area contributed by atoms with Crippen molar-refractivity contribution < 1.29 is 9.47 Å². The summed E-state index contributed by atoms with van der Waals surface area (Å²) >= 11 is 0. The minimum atomic E-state index is -0.0501. The highest BCUT2D eigenvalue weighted by Gasteiger charge is 2.11. The average Bonchev–Trinajstić information content (AvgIpc) is 2.93. The summed E-state index contributed by atoms with van der Waals surface area (Å²) in [4.78, 5) is 0. The molecular weight excluding hydrogens is 246 g/mol. The lowest BCUT2D eigenvalue weighted by Crippen LogP contribution is -2.27. The first-order chi connectivity index (χ1) is 9.35. The van der Waals surface area contributed by atoms with Crippen molar-refractivity contribution in [3.05, 3.63) is 30.3 Å². The predicted octanol–water partition coefficient (Wildman–Crippen LogP) is 0.736. The van der Waals surface area contributed by atoms with E-state index in [9.17, 15) is 0 Å². The van der Waals surface area contributed by atoms with Gasteiger partial charge >= 0.3 is 0 Å². The Labute approximate surface area is 111 Å². The van der Waals surface area contributed by atoms with Gasteiger partial charge in [-0.1, -0.05) is 23.3 Å². The van der Waals surface area contributed by atoms with Gasteiger partial charge in [0, 0.05) is 20.8 Å². The Morgan fingerprint density at radius 1 is 1.26 bits per heavy atom. The first-order valence-corrected chi connectivity index (χ1v) is 5.94. The van der Waals surface area contributed by atoms with Gasteiger partial charge in [0.1, 0.15) is 0 Å². The standard InChI is InChI=1S/C12H17N5O2/c1-18-9-11(19-2)8-13-12-14-15-16-17(12)10-6-4-3-5-7-10/h3-7,11H,8-9H2,1-2H3,(H,13,14,16). The minimum Gasteiger partial charge on any atom is -0.382 e. The molecule has 2 rings (SSSR count). The second-order valence-electron chi connectivity index (χ2n) is 3.94. The van der Waals surface area contributed by atoms with Crippen molar-refractivity contribution in [3.63, 3.8) is 0 Å². The largest absolute Gasteiger partial charge is 0.382 e. The third kappa shape index (κ3) is 3.49. The van der Waals surface area contributed by atoms with Gasteiger partial charge in [0.2, 0.25) is 5.95 Å². The van der Waals surface area contributed by atoms with E-state index in [0.29, 0.717) is 19.1 Å². The summed E-state index contributed by atoms with van der Waals surface area (Å²) in [5.41, 5.74) is 0.899. The lowest BCUT2D eigenvalue weighted by molar-refractivity contribution is 0.0364. The van der Waals surface area contributed by atoms with Gasteiger partial charge in [0.05, 0.1) is 18.4 Å². The molecule has 1 atom stereocenters. The fourth-order valence-corrected chi connectivity index (χ4v) is 1.64. The van der Waals surface area contributed by atoms with Gasteiger partial charge in [-0.3, -0.25) is 0 Å². The molecule has 0 bridgehead atoms. The smallest absolute Gasteiger partial charge is 0.247 e. The lowest BCUT2D eigenvalue weighted by atomic mass is 10.3. The Morgan fingerprint density at radius 2 is 2.05 bits per heavy atom. The molecule has 7 nitrogen and oxygen atoms in total. The maximum absolute atomic E-state index is 5.27. The monoisotopic (exact) mass is 263 g/mol. The molecule has 1 unspecified atom stereocenters. The number of hydrogen-bond acceptors (Lipinski definition) is 6. The molecule has 0 fully saturated rings. The Hall–Kier alpha value is -1.99. The number of benzene rings is 1. The number of ether oxygens (including phenoxy) is 2. The molecule has 0 aliphatic carbocycles. The number of nitrogens with one attached hydrogen (secondary N) is 1. The number of rotatable bonds is 7. The van der Waals surface area contributed by atoms with Gasteiger partial charge in [-0.2, -0.15) is 4.68 Å². The molecule has 7 heteroatoms. The molecule has 0 aliphatic heterocycles. The maximum atomic E-state index is 5.27. The van der Waals surface area contributed by atoms with Crippen LogP contribution in [0.3, 0.4) is 0 Å². The Morgan fingerprint density at radius 3 is 2.74 bits per heavy atom. The average molecular weight is 263 g/mol. The Balaban J connectivity index is 2.04. The number of hydrogen-bond donors (Lipinski definition) is 1. The fraction of sp³-hybridized carbons (Fsp3) is 0.417. The third-order valence-electron chi connectivity index (χ3n) is 2.64. The predicted molar refractivity (Wildman–Crippen MR) is 70.3 cm³/mol. The van der Waals surface area contributed by atoms with E-state index < -0.39 is 0 Å². The molecule has 1 N–H and O–H groups in total. The molecule has 0 aliphatic rings. The number of nitrogens with zero attached hydrogens (tertiary/aromatic N) is 4. The molecule has 0 saturated heterocycles. The maximum Gasteiger partial charge on any atom is 0.247 e. The zero-order valence-corrected chi connectivity index (χ0v) is 11.0. The van der Waals surface area contributed by atoms with Crippen molar-refractivity contribution in [2.45, 2.75) is 6.10 Å². The number of para-hydroxylation sites is 1. The van der Waals surface area contributed by atoms with Crippen LogP contribution < -0.4 is 5.32 Å². The Kier molecular flexibility index (Phi) is 4.82. The number of methoxy groups -OCH3 is 2. The van der Waals surface area contributed by atoms with E-state index in [-0.39, 0.29) is 6.10 Å². The summed E-state index contributed by atoms with van der Waals surface area (Å²) < 4.78 is 12.0. The van der Waals surface area contributed by atoms with Gasteiger partial charge in [-0.25, -0.2) is 0 Å². The summed E-state index contributed by atoms with van der Waals surface area (Å²) in [5, 5.41) is 14.7. The molecular formula is C12H17N5O2. The molecule has 0 radical (unpaired) electrons. The van der Waals surface area contributed by atoms with Crippen molar-refractivity contribution in [3.8, 4) is 5.69 Å². The van der Waals surface area contributed by atoms with Crippen molar-refractivity contribution in [1.29, 1.82) is 0 Å². The number of tetrazole rings is 1. The fourth-order valence-electron chi connectivity index (χ4n) is 1.64. The van der Waals surface area contributed by atoms with Crippen LogP contribution in [0.2, 0.25) is 0 Å². The zero-order valence-electron chi connectivity index (χ0n) is 11.0. The van der Waals surface area contributed by atoms with Crippen LogP contribution in [0, 0.1) is 0 Å². The SMILES string of the molecule is COCC(CNc1nnnn1-c1ccccc1)OC. The molecule has 102 valence electrons. The first-order valence-electron chi connectivity index (χ1n) is 5.94. The van der Waals surface area contributed by atoms with Crippen LogP contribution in [0.5, 0.6) is 0 Å². The van der Waals surface area contributed by atoms with E-state index in [2.05, 4.69) is 20.8 Å². The summed E-state index contributed by atoms with van der Waals surface area (Å²) in [7, 11) is 3.28. The molecule has 1 aromatic heterocycles.